The van der Waals surface area contributed by atoms with Crippen molar-refractivity contribution in [1.82, 2.24) is 19.9 Å². The molecule has 0 spiro atoms. The van der Waals surface area contributed by atoms with Gasteiger partial charge in [0.15, 0.2) is 0 Å². The van der Waals surface area contributed by atoms with E-state index in [2.05, 4.69) is 52.9 Å². The lowest BCUT2D eigenvalue weighted by Crippen LogP contribution is -2.39. The molecule has 0 aliphatic carbocycles. The maximum atomic E-state index is 5.64. The summed E-state index contributed by atoms with van der Waals surface area (Å²) in [6.45, 7) is 12.7. The minimum absolute atomic E-state index is 0.250. The number of nitrogens with zero attached hydrogens (tertiary/aromatic N) is 4. The van der Waals surface area contributed by atoms with Crippen molar-refractivity contribution in [2.75, 3.05) is 32.1 Å². The number of anilines is 1. The van der Waals surface area contributed by atoms with Crippen molar-refractivity contribution in [2.24, 2.45) is 0 Å². The van der Waals surface area contributed by atoms with Crippen LogP contribution in [0.25, 0.3) is 0 Å². The number of ether oxygens (including phenoxy) is 2. The predicted molar refractivity (Wildman–Crippen MR) is 83.0 cm³/mol. The summed E-state index contributed by atoms with van der Waals surface area (Å²) in [4.78, 5) is 14.7. The van der Waals surface area contributed by atoms with Crippen LogP contribution in [0.2, 0.25) is 0 Å². The monoisotopic (exact) mass is 297 g/mol. The van der Waals surface area contributed by atoms with E-state index < -0.39 is 0 Å². The van der Waals surface area contributed by atoms with Crippen molar-refractivity contribution >= 4 is 5.95 Å². The van der Waals surface area contributed by atoms with Crippen molar-refractivity contribution in [2.45, 2.75) is 46.7 Å². The summed E-state index contributed by atoms with van der Waals surface area (Å²) in [6.07, 6.45) is 0. The topological polar surface area (TPSA) is 72.4 Å². The first-order chi connectivity index (χ1) is 9.97. The standard InChI is InChI=1S/C14H27N5O2/c1-7-15-12-16-13(20-6)18-14(17-12)21-9-8-19(10(2)3)11(4)5/h10-11H,7-9H2,1-6H3,(H,15,16,17,18). The van der Waals surface area contributed by atoms with E-state index in [0.717, 1.165) is 13.1 Å². The van der Waals surface area contributed by atoms with Crippen LogP contribution in [-0.2, 0) is 0 Å². The molecule has 0 unspecified atom stereocenters. The lowest BCUT2D eigenvalue weighted by atomic mass is 10.2. The van der Waals surface area contributed by atoms with E-state index in [-0.39, 0.29) is 12.0 Å². The Morgan fingerprint density at radius 3 is 2.19 bits per heavy atom. The second-order valence-electron chi connectivity index (χ2n) is 5.23. The van der Waals surface area contributed by atoms with Crippen LogP contribution in [0.4, 0.5) is 5.95 Å². The second kappa shape index (κ2) is 8.61. The first kappa shape index (κ1) is 17.4. The molecule has 0 aliphatic rings. The molecule has 21 heavy (non-hydrogen) atoms. The van der Waals surface area contributed by atoms with Crippen LogP contribution in [0.15, 0.2) is 0 Å². The van der Waals surface area contributed by atoms with Gasteiger partial charge in [0, 0.05) is 25.2 Å². The minimum atomic E-state index is 0.250. The maximum Gasteiger partial charge on any atom is 0.324 e. The third-order valence-electron chi connectivity index (χ3n) is 3.02. The highest BCUT2D eigenvalue weighted by Gasteiger charge is 2.14. The van der Waals surface area contributed by atoms with Crippen molar-refractivity contribution < 1.29 is 9.47 Å². The highest BCUT2D eigenvalue weighted by atomic mass is 16.5. The van der Waals surface area contributed by atoms with Crippen LogP contribution in [0.3, 0.4) is 0 Å². The fourth-order valence-corrected chi connectivity index (χ4v) is 2.09. The van der Waals surface area contributed by atoms with Gasteiger partial charge in [-0.15, -0.1) is 4.98 Å². The number of hydrogen-bond donors (Lipinski definition) is 1. The van der Waals surface area contributed by atoms with Gasteiger partial charge in [-0.2, -0.15) is 9.97 Å². The van der Waals surface area contributed by atoms with E-state index >= 15 is 0 Å². The molecule has 1 aromatic rings. The molecular formula is C14H27N5O2. The van der Waals surface area contributed by atoms with E-state index in [9.17, 15) is 0 Å². The Morgan fingerprint density at radius 1 is 1.05 bits per heavy atom. The van der Waals surface area contributed by atoms with Crippen LogP contribution < -0.4 is 14.8 Å². The highest BCUT2D eigenvalue weighted by Crippen LogP contribution is 2.12. The SMILES string of the molecule is CCNc1nc(OC)nc(OCCN(C(C)C)C(C)C)n1. The molecule has 0 aliphatic heterocycles. The van der Waals surface area contributed by atoms with Crippen LogP contribution in [-0.4, -0.2) is 58.7 Å². The Hall–Kier alpha value is -1.63. The molecule has 7 heteroatoms. The number of aromatic nitrogens is 3. The first-order valence-electron chi connectivity index (χ1n) is 7.40. The largest absolute Gasteiger partial charge is 0.467 e. The molecule has 0 saturated heterocycles. The lowest BCUT2D eigenvalue weighted by Gasteiger charge is -2.30. The quantitative estimate of drug-likeness (QED) is 0.745. The second-order valence-corrected chi connectivity index (χ2v) is 5.23. The summed E-state index contributed by atoms with van der Waals surface area (Å²) in [7, 11) is 1.52. The molecule has 0 aromatic carbocycles. The molecule has 0 saturated carbocycles. The van der Waals surface area contributed by atoms with E-state index in [4.69, 9.17) is 9.47 Å². The van der Waals surface area contributed by atoms with Gasteiger partial charge in [-0.25, -0.2) is 0 Å². The minimum Gasteiger partial charge on any atom is -0.467 e. The number of hydrogen-bond acceptors (Lipinski definition) is 7. The lowest BCUT2D eigenvalue weighted by molar-refractivity contribution is 0.137. The van der Waals surface area contributed by atoms with E-state index in [0.29, 0.717) is 24.6 Å². The molecule has 1 rings (SSSR count). The maximum absolute atomic E-state index is 5.64. The number of methoxy groups -OCH3 is 1. The predicted octanol–water partition coefficient (Wildman–Crippen LogP) is 1.81. The van der Waals surface area contributed by atoms with Gasteiger partial charge in [0.2, 0.25) is 5.95 Å². The summed E-state index contributed by atoms with van der Waals surface area (Å²) >= 11 is 0. The summed E-state index contributed by atoms with van der Waals surface area (Å²) in [5.41, 5.74) is 0. The Labute approximate surface area is 127 Å². The fraction of sp³-hybridized carbons (Fsp3) is 0.786. The normalized spacial score (nSPS) is 11.3. The highest BCUT2D eigenvalue weighted by molar-refractivity contribution is 5.27. The summed E-state index contributed by atoms with van der Waals surface area (Å²) < 4.78 is 10.7. The van der Waals surface area contributed by atoms with Crippen molar-refractivity contribution in [3.63, 3.8) is 0 Å². The fourth-order valence-electron chi connectivity index (χ4n) is 2.09. The third kappa shape index (κ3) is 5.71. The van der Waals surface area contributed by atoms with Crippen molar-refractivity contribution in [3.8, 4) is 12.0 Å². The summed E-state index contributed by atoms with van der Waals surface area (Å²) in [6, 6.07) is 1.48. The van der Waals surface area contributed by atoms with Gasteiger partial charge in [-0.1, -0.05) is 0 Å². The average Bonchev–Trinajstić information content (AvgIpc) is 2.42. The van der Waals surface area contributed by atoms with Crippen LogP contribution in [0, 0.1) is 0 Å². The van der Waals surface area contributed by atoms with E-state index in [1.807, 2.05) is 6.92 Å². The summed E-state index contributed by atoms with van der Waals surface area (Å²) in [5, 5.41) is 3.03. The van der Waals surface area contributed by atoms with Crippen molar-refractivity contribution in [3.05, 3.63) is 0 Å². The molecule has 0 bridgehead atoms. The molecule has 1 heterocycles. The zero-order valence-electron chi connectivity index (χ0n) is 13.9. The Bertz CT molecular complexity index is 418. The molecule has 120 valence electrons. The molecule has 0 radical (unpaired) electrons. The summed E-state index contributed by atoms with van der Waals surface area (Å²) in [5.74, 6) is 0.462. The molecule has 0 atom stereocenters. The van der Waals surface area contributed by atoms with Crippen molar-refractivity contribution in [1.29, 1.82) is 0 Å². The van der Waals surface area contributed by atoms with Crippen LogP contribution in [0.1, 0.15) is 34.6 Å². The first-order valence-corrected chi connectivity index (χ1v) is 7.40. The van der Waals surface area contributed by atoms with Gasteiger partial charge in [-0.3, -0.25) is 4.90 Å². The molecule has 0 amide bonds. The van der Waals surface area contributed by atoms with Crippen LogP contribution in [0.5, 0.6) is 12.0 Å². The number of rotatable bonds is 9. The molecular weight excluding hydrogens is 270 g/mol. The Morgan fingerprint density at radius 2 is 1.67 bits per heavy atom. The van der Waals surface area contributed by atoms with Gasteiger partial charge in [0.1, 0.15) is 6.61 Å². The van der Waals surface area contributed by atoms with Gasteiger partial charge >= 0.3 is 12.0 Å². The molecule has 0 fully saturated rings. The molecule has 7 nitrogen and oxygen atoms in total. The average molecular weight is 297 g/mol. The van der Waals surface area contributed by atoms with E-state index in [1.54, 1.807) is 0 Å². The zero-order valence-corrected chi connectivity index (χ0v) is 13.9. The van der Waals surface area contributed by atoms with Crippen LogP contribution >= 0.6 is 0 Å². The Balaban J connectivity index is 2.63. The van der Waals surface area contributed by atoms with Gasteiger partial charge in [0.05, 0.1) is 7.11 Å². The van der Waals surface area contributed by atoms with Gasteiger partial charge in [-0.05, 0) is 34.6 Å². The van der Waals surface area contributed by atoms with E-state index in [1.165, 1.54) is 7.11 Å². The molecule has 1 N–H and O–H groups in total. The van der Waals surface area contributed by atoms with Gasteiger partial charge < -0.3 is 14.8 Å². The Kier molecular flexibility index (Phi) is 7.14. The smallest absolute Gasteiger partial charge is 0.324 e. The molecule has 1 aromatic heterocycles. The van der Waals surface area contributed by atoms with Gasteiger partial charge in [0.25, 0.3) is 0 Å². The zero-order chi connectivity index (χ0) is 15.8. The number of nitrogens with one attached hydrogen (secondary N) is 1. The third-order valence-corrected chi connectivity index (χ3v) is 3.02.